The van der Waals surface area contributed by atoms with Crippen molar-refractivity contribution in [2.45, 2.75) is 38.5 Å². The first-order valence-electron chi connectivity index (χ1n) is 7.99. The molecule has 1 fully saturated rings. The van der Waals surface area contributed by atoms with Crippen LogP contribution in [0.15, 0.2) is 30.3 Å². The summed E-state index contributed by atoms with van der Waals surface area (Å²) in [6.45, 7) is 3.67. The summed E-state index contributed by atoms with van der Waals surface area (Å²) < 4.78 is 0. The number of aromatic nitrogens is 3. The number of carbonyl (C=O) groups excluding carboxylic acids is 1. The summed E-state index contributed by atoms with van der Waals surface area (Å²) in [6, 6.07) is 10.2. The maximum atomic E-state index is 11.9. The SMILES string of the molecule is CCCN1C[C@H](c2n[nH]c(Cc3ccccc3)n2)CCC1=O. The summed E-state index contributed by atoms with van der Waals surface area (Å²) in [5.74, 6) is 2.25. The fraction of sp³-hybridized carbons (Fsp3) is 0.471. The van der Waals surface area contributed by atoms with Gasteiger partial charge in [-0.1, -0.05) is 37.3 Å². The predicted molar refractivity (Wildman–Crippen MR) is 84.5 cm³/mol. The average molecular weight is 298 g/mol. The van der Waals surface area contributed by atoms with Crippen LogP contribution in [-0.4, -0.2) is 39.1 Å². The molecule has 22 heavy (non-hydrogen) atoms. The molecule has 0 spiro atoms. The molecule has 0 aliphatic carbocycles. The third-order valence-electron chi connectivity index (χ3n) is 4.12. The van der Waals surface area contributed by atoms with Crippen LogP contribution in [0, 0.1) is 0 Å². The molecule has 116 valence electrons. The molecule has 5 heteroatoms. The Bertz CT molecular complexity index is 623. The number of carbonyl (C=O) groups is 1. The Balaban J connectivity index is 1.67. The maximum Gasteiger partial charge on any atom is 0.222 e. The number of H-pyrrole nitrogens is 1. The lowest BCUT2D eigenvalue weighted by Crippen LogP contribution is -2.39. The van der Waals surface area contributed by atoms with Gasteiger partial charge in [-0.15, -0.1) is 0 Å². The molecule has 1 atom stereocenters. The number of rotatable bonds is 5. The minimum atomic E-state index is 0.255. The van der Waals surface area contributed by atoms with E-state index in [0.29, 0.717) is 6.42 Å². The Morgan fingerprint density at radius 2 is 2.14 bits per heavy atom. The highest BCUT2D eigenvalue weighted by Gasteiger charge is 2.28. The van der Waals surface area contributed by atoms with Crippen molar-refractivity contribution in [1.29, 1.82) is 0 Å². The molecule has 2 aromatic rings. The van der Waals surface area contributed by atoms with Gasteiger partial charge in [0.2, 0.25) is 5.91 Å². The second-order valence-electron chi connectivity index (χ2n) is 5.88. The van der Waals surface area contributed by atoms with Crippen molar-refractivity contribution >= 4 is 5.91 Å². The van der Waals surface area contributed by atoms with Crippen LogP contribution >= 0.6 is 0 Å². The Labute approximate surface area is 130 Å². The van der Waals surface area contributed by atoms with E-state index >= 15 is 0 Å². The van der Waals surface area contributed by atoms with Crippen LogP contribution in [0.2, 0.25) is 0 Å². The Morgan fingerprint density at radius 3 is 2.91 bits per heavy atom. The number of hydrogen-bond acceptors (Lipinski definition) is 3. The van der Waals surface area contributed by atoms with Gasteiger partial charge in [0.1, 0.15) is 5.82 Å². The molecule has 1 N–H and O–H groups in total. The number of aromatic amines is 1. The summed E-state index contributed by atoms with van der Waals surface area (Å²) in [7, 11) is 0. The average Bonchev–Trinajstić information content (AvgIpc) is 2.99. The lowest BCUT2D eigenvalue weighted by atomic mass is 9.96. The third kappa shape index (κ3) is 3.35. The molecule has 5 nitrogen and oxygen atoms in total. The maximum absolute atomic E-state index is 11.9. The summed E-state index contributed by atoms with van der Waals surface area (Å²) in [6.07, 6.45) is 3.21. The van der Waals surface area contributed by atoms with E-state index in [1.165, 1.54) is 5.56 Å². The highest BCUT2D eigenvalue weighted by Crippen LogP contribution is 2.25. The van der Waals surface area contributed by atoms with Crippen LogP contribution in [0.4, 0.5) is 0 Å². The number of benzene rings is 1. The zero-order chi connectivity index (χ0) is 15.4. The fourth-order valence-corrected chi connectivity index (χ4v) is 2.97. The van der Waals surface area contributed by atoms with E-state index < -0.39 is 0 Å². The minimum absolute atomic E-state index is 0.255. The van der Waals surface area contributed by atoms with Crippen molar-refractivity contribution in [1.82, 2.24) is 20.1 Å². The van der Waals surface area contributed by atoms with E-state index in [-0.39, 0.29) is 11.8 Å². The number of likely N-dealkylation sites (tertiary alicyclic amines) is 1. The molecule has 1 aliphatic rings. The van der Waals surface area contributed by atoms with Crippen molar-refractivity contribution in [2.24, 2.45) is 0 Å². The molecule has 1 aliphatic heterocycles. The van der Waals surface area contributed by atoms with Gasteiger partial charge in [0.25, 0.3) is 0 Å². The monoisotopic (exact) mass is 298 g/mol. The first kappa shape index (κ1) is 14.8. The lowest BCUT2D eigenvalue weighted by molar-refractivity contribution is -0.133. The van der Waals surface area contributed by atoms with Gasteiger partial charge in [-0.05, 0) is 18.4 Å². The largest absolute Gasteiger partial charge is 0.342 e. The van der Waals surface area contributed by atoms with E-state index in [0.717, 1.165) is 44.0 Å². The number of nitrogens with zero attached hydrogens (tertiary/aromatic N) is 3. The van der Waals surface area contributed by atoms with E-state index in [9.17, 15) is 4.79 Å². The fourth-order valence-electron chi connectivity index (χ4n) is 2.97. The highest BCUT2D eigenvalue weighted by molar-refractivity contribution is 5.77. The molecule has 0 bridgehead atoms. The zero-order valence-corrected chi connectivity index (χ0v) is 13.0. The van der Waals surface area contributed by atoms with Crippen LogP contribution in [-0.2, 0) is 11.2 Å². The molecule has 1 amide bonds. The molecule has 3 rings (SSSR count). The molecule has 0 saturated carbocycles. The van der Waals surface area contributed by atoms with Crippen LogP contribution in [0.1, 0.15) is 49.3 Å². The first-order chi connectivity index (χ1) is 10.8. The molecular weight excluding hydrogens is 276 g/mol. The predicted octanol–water partition coefficient (Wildman–Crippen LogP) is 2.51. The normalized spacial score (nSPS) is 18.7. The molecule has 1 aromatic heterocycles. The number of piperidine rings is 1. The zero-order valence-electron chi connectivity index (χ0n) is 13.0. The van der Waals surface area contributed by atoms with Crippen molar-refractivity contribution in [3.8, 4) is 0 Å². The Hall–Kier alpha value is -2.17. The van der Waals surface area contributed by atoms with Crippen molar-refractivity contribution in [2.75, 3.05) is 13.1 Å². The van der Waals surface area contributed by atoms with Gasteiger partial charge >= 0.3 is 0 Å². The number of hydrogen-bond donors (Lipinski definition) is 1. The van der Waals surface area contributed by atoms with E-state index in [2.05, 4.69) is 34.2 Å². The highest BCUT2D eigenvalue weighted by atomic mass is 16.2. The first-order valence-corrected chi connectivity index (χ1v) is 7.99. The van der Waals surface area contributed by atoms with Gasteiger partial charge in [-0.3, -0.25) is 9.89 Å². The molecule has 0 unspecified atom stereocenters. The molecule has 1 saturated heterocycles. The second-order valence-corrected chi connectivity index (χ2v) is 5.88. The van der Waals surface area contributed by atoms with E-state index in [1.54, 1.807) is 0 Å². The third-order valence-corrected chi connectivity index (χ3v) is 4.12. The van der Waals surface area contributed by atoms with Crippen LogP contribution in [0.3, 0.4) is 0 Å². The van der Waals surface area contributed by atoms with E-state index in [4.69, 9.17) is 0 Å². The van der Waals surface area contributed by atoms with Gasteiger partial charge in [0, 0.05) is 31.8 Å². The second kappa shape index (κ2) is 6.73. The molecule has 0 radical (unpaired) electrons. The van der Waals surface area contributed by atoms with Gasteiger partial charge in [0.15, 0.2) is 5.82 Å². The number of amides is 1. The molecule has 1 aromatic carbocycles. The molecular formula is C17H22N4O. The smallest absolute Gasteiger partial charge is 0.222 e. The molecule has 2 heterocycles. The van der Waals surface area contributed by atoms with Crippen LogP contribution in [0.5, 0.6) is 0 Å². The summed E-state index contributed by atoms with van der Waals surface area (Å²) in [4.78, 5) is 18.5. The van der Waals surface area contributed by atoms with Crippen molar-refractivity contribution in [3.63, 3.8) is 0 Å². The summed E-state index contributed by atoms with van der Waals surface area (Å²) in [5.41, 5.74) is 1.22. The van der Waals surface area contributed by atoms with Crippen molar-refractivity contribution < 1.29 is 4.79 Å². The van der Waals surface area contributed by atoms with Gasteiger partial charge in [-0.2, -0.15) is 5.10 Å². The Kier molecular flexibility index (Phi) is 4.51. The van der Waals surface area contributed by atoms with Crippen LogP contribution in [0.25, 0.3) is 0 Å². The van der Waals surface area contributed by atoms with E-state index in [1.807, 2.05) is 23.1 Å². The summed E-state index contributed by atoms with van der Waals surface area (Å²) >= 11 is 0. The Morgan fingerprint density at radius 1 is 1.32 bits per heavy atom. The van der Waals surface area contributed by atoms with Crippen molar-refractivity contribution in [3.05, 3.63) is 47.5 Å². The lowest BCUT2D eigenvalue weighted by Gasteiger charge is -2.31. The minimum Gasteiger partial charge on any atom is -0.342 e. The standard InChI is InChI=1S/C17H22N4O/c1-2-10-21-12-14(8-9-16(21)22)17-18-15(19-20-17)11-13-6-4-3-5-7-13/h3-7,14H,2,8-12H2,1H3,(H,18,19,20)/t14-/m1/s1. The van der Waals surface area contributed by atoms with Crippen LogP contribution < -0.4 is 0 Å². The van der Waals surface area contributed by atoms with Gasteiger partial charge < -0.3 is 4.90 Å². The number of nitrogens with one attached hydrogen (secondary N) is 1. The van der Waals surface area contributed by atoms with Gasteiger partial charge in [0.05, 0.1) is 0 Å². The quantitative estimate of drug-likeness (QED) is 0.922. The topological polar surface area (TPSA) is 61.9 Å². The summed E-state index contributed by atoms with van der Waals surface area (Å²) in [5, 5.41) is 7.43. The van der Waals surface area contributed by atoms with Gasteiger partial charge in [-0.25, -0.2) is 4.98 Å².